The van der Waals surface area contributed by atoms with Crippen molar-refractivity contribution in [3.63, 3.8) is 0 Å². The number of halogens is 2. The van der Waals surface area contributed by atoms with Crippen LogP contribution in [0.2, 0.25) is 10.0 Å². The van der Waals surface area contributed by atoms with Crippen LogP contribution < -0.4 is 14.8 Å². The summed E-state index contributed by atoms with van der Waals surface area (Å²) in [5.74, 6) is 1.65. The minimum atomic E-state index is 0.357. The summed E-state index contributed by atoms with van der Waals surface area (Å²) in [6, 6.07) is 11.1. The summed E-state index contributed by atoms with van der Waals surface area (Å²) in [4.78, 5) is 0. The van der Waals surface area contributed by atoms with Crippen LogP contribution in [0, 0.1) is 0 Å². The molecule has 0 unspecified atom stereocenters. The summed E-state index contributed by atoms with van der Waals surface area (Å²) in [7, 11) is 1.58. The molecule has 142 valence electrons. The molecule has 0 aliphatic heterocycles. The largest absolute Gasteiger partial charge is 0.493 e. The van der Waals surface area contributed by atoms with Gasteiger partial charge in [0, 0.05) is 18.1 Å². The lowest BCUT2D eigenvalue weighted by Gasteiger charge is -2.15. The van der Waals surface area contributed by atoms with Crippen LogP contribution in [0.4, 0.5) is 5.95 Å². The average Bonchev–Trinajstić information content (AvgIpc) is 3.14. The van der Waals surface area contributed by atoms with Gasteiger partial charge in [-0.1, -0.05) is 40.4 Å². The van der Waals surface area contributed by atoms with Crippen LogP contribution in [-0.2, 0) is 19.7 Å². The third-order valence-corrected chi connectivity index (χ3v) is 4.40. The minimum absolute atomic E-state index is 0.357. The average molecular weight is 408 g/mol. The molecule has 3 aromatic rings. The van der Waals surface area contributed by atoms with Crippen LogP contribution in [0.25, 0.3) is 0 Å². The van der Waals surface area contributed by atoms with E-state index in [1.54, 1.807) is 11.8 Å². The fraction of sp³-hybridized carbons (Fsp3) is 0.278. The number of hydrogen-bond acceptors (Lipinski definition) is 6. The second kappa shape index (κ2) is 8.92. The van der Waals surface area contributed by atoms with Gasteiger partial charge in [-0.3, -0.25) is 0 Å². The third-order valence-electron chi connectivity index (χ3n) is 3.87. The van der Waals surface area contributed by atoms with E-state index in [1.165, 1.54) is 0 Å². The second-order valence-corrected chi connectivity index (χ2v) is 6.54. The quantitative estimate of drug-likeness (QED) is 0.602. The number of rotatable bonds is 8. The highest BCUT2D eigenvalue weighted by molar-refractivity contribution is 6.32. The number of ether oxygens (including phenoxy) is 2. The van der Waals surface area contributed by atoms with Crippen LogP contribution in [0.1, 0.15) is 18.1 Å². The van der Waals surface area contributed by atoms with Gasteiger partial charge in [0.15, 0.2) is 11.5 Å². The summed E-state index contributed by atoms with van der Waals surface area (Å²) >= 11 is 12.3. The minimum Gasteiger partial charge on any atom is -0.493 e. The molecule has 7 nitrogen and oxygen atoms in total. The fourth-order valence-corrected chi connectivity index (χ4v) is 2.89. The molecule has 27 heavy (non-hydrogen) atoms. The van der Waals surface area contributed by atoms with E-state index in [0.717, 1.165) is 11.1 Å². The topological polar surface area (TPSA) is 74.1 Å². The van der Waals surface area contributed by atoms with Crippen molar-refractivity contribution in [2.45, 2.75) is 26.6 Å². The zero-order valence-electron chi connectivity index (χ0n) is 14.9. The van der Waals surface area contributed by atoms with Gasteiger partial charge in [0.2, 0.25) is 5.95 Å². The van der Waals surface area contributed by atoms with E-state index in [0.29, 0.717) is 47.2 Å². The predicted octanol–water partition coefficient (Wildman–Crippen LogP) is 4.20. The van der Waals surface area contributed by atoms with Crippen LogP contribution in [0.15, 0.2) is 36.4 Å². The summed E-state index contributed by atoms with van der Waals surface area (Å²) in [5.41, 5.74) is 1.90. The number of aromatic nitrogens is 4. The Kier molecular flexibility index (Phi) is 6.36. The first-order valence-corrected chi connectivity index (χ1v) is 9.10. The SMILES string of the molecule is CCn1nnnc1NCc1cc(Cl)c(OCc2ccc(Cl)cc2)c(OC)c1. The number of benzene rings is 2. The van der Waals surface area contributed by atoms with E-state index in [4.69, 9.17) is 32.7 Å². The van der Waals surface area contributed by atoms with E-state index in [2.05, 4.69) is 20.8 Å². The van der Waals surface area contributed by atoms with Gasteiger partial charge in [0.1, 0.15) is 6.61 Å². The first kappa shape index (κ1) is 19.3. The number of anilines is 1. The van der Waals surface area contributed by atoms with Gasteiger partial charge in [0.25, 0.3) is 0 Å². The third kappa shape index (κ3) is 4.81. The molecular weight excluding hydrogens is 389 g/mol. The lowest BCUT2D eigenvalue weighted by atomic mass is 10.2. The molecular formula is C18H19Cl2N5O2. The van der Waals surface area contributed by atoms with Crippen molar-refractivity contribution in [2.24, 2.45) is 0 Å². The highest BCUT2D eigenvalue weighted by atomic mass is 35.5. The fourth-order valence-electron chi connectivity index (χ4n) is 2.48. The first-order valence-electron chi connectivity index (χ1n) is 8.34. The van der Waals surface area contributed by atoms with E-state index >= 15 is 0 Å². The predicted molar refractivity (Wildman–Crippen MR) is 105 cm³/mol. The van der Waals surface area contributed by atoms with Crippen molar-refractivity contribution in [1.29, 1.82) is 0 Å². The van der Waals surface area contributed by atoms with E-state index in [1.807, 2.05) is 43.3 Å². The van der Waals surface area contributed by atoms with Gasteiger partial charge in [-0.2, -0.15) is 0 Å². The normalized spacial score (nSPS) is 10.7. The molecule has 0 saturated heterocycles. The van der Waals surface area contributed by atoms with Crippen molar-refractivity contribution in [3.8, 4) is 11.5 Å². The molecule has 0 radical (unpaired) electrons. The Morgan fingerprint density at radius 2 is 1.89 bits per heavy atom. The monoisotopic (exact) mass is 407 g/mol. The molecule has 0 saturated carbocycles. The highest BCUT2D eigenvalue weighted by Gasteiger charge is 2.13. The van der Waals surface area contributed by atoms with Crippen molar-refractivity contribution >= 4 is 29.2 Å². The van der Waals surface area contributed by atoms with Crippen molar-refractivity contribution < 1.29 is 9.47 Å². The maximum Gasteiger partial charge on any atom is 0.243 e. The van der Waals surface area contributed by atoms with E-state index in [-0.39, 0.29) is 0 Å². The number of hydrogen-bond donors (Lipinski definition) is 1. The van der Waals surface area contributed by atoms with Crippen LogP contribution in [0.5, 0.6) is 11.5 Å². The number of nitrogens with one attached hydrogen (secondary N) is 1. The molecule has 1 N–H and O–H groups in total. The van der Waals surface area contributed by atoms with Crippen molar-refractivity contribution in [1.82, 2.24) is 20.2 Å². The molecule has 1 aromatic heterocycles. The molecule has 0 bridgehead atoms. The smallest absolute Gasteiger partial charge is 0.243 e. The van der Waals surface area contributed by atoms with E-state index < -0.39 is 0 Å². The summed E-state index contributed by atoms with van der Waals surface area (Å²) in [6.45, 7) is 3.50. The highest BCUT2D eigenvalue weighted by Crippen LogP contribution is 2.37. The van der Waals surface area contributed by atoms with Gasteiger partial charge in [-0.05, 0) is 52.7 Å². The van der Waals surface area contributed by atoms with Gasteiger partial charge in [0.05, 0.1) is 12.1 Å². The molecule has 2 aromatic carbocycles. The molecule has 0 aliphatic rings. The van der Waals surface area contributed by atoms with Gasteiger partial charge < -0.3 is 14.8 Å². The van der Waals surface area contributed by atoms with Crippen molar-refractivity contribution in [3.05, 3.63) is 57.6 Å². The number of tetrazole rings is 1. The molecule has 0 amide bonds. The number of aryl methyl sites for hydroxylation is 1. The maximum atomic E-state index is 6.42. The Labute approximate surface area is 167 Å². The van der Waals surface area contributed by atoms with Crippen LogP contribution >= 0.6 is 23.2 Å². The lowest BCUT2D eigenvalue weighted by Crippen LogP contribution is -2.08. The van der Waals surface area contributed by atoms with Gasteiger partial charge >= 0.3 is 0 Å². The summed E-state index contributed by atoms with van der Waals surface area (Å²) < 4.78 is 13.0. The Bertz CT molecular complexity index is 899. The Morgan fingerprint density at radius 1 is 1.11 bits per heavy atom. The van der Waals surface area contributed by atoms with E-state index in [9.17, 15) is 0 Å². The molecule has 9 heteroatoms. The van der Waals surface area contributed by atoms with Crippen LogP contribution in [-0.4, -0.2) is 27.3 Å². The Hall–Kier alpha value is -2.51. The molecule has 0 aliphatic carbocycles. The number of nitrogens with zero attached hydrogens (tertiary/aromatic N) is 4. The molecule has 0 fully saturated rings. The van der Waals surface area contributed by atoms with Gasteiger partial charge in [-0.25, -0.2) is 4.68 Å². The number of methoxy groups -OCH3 is 1. The molecule has 3 rings (SSSR count). The Balaban J connectivity index is 1.71. The molecule has 0 spiro atoms. The zero-order chi connectivity index (χ0) is 19.2. The second-order valence-electron chi connectivity index (χ2n) is 5.70. The molecule has 0 atom stereocenters. The van der Waals surface area contributed by atoms with Crippen molar-refractivity contribution in [2.75, 3.05) is 12.4 Å². The zero-order valence-corrected chi connectivity index (χ0v) is 16.5. The van der Waals surface area contributed by atoms with Gasteiger partial charge in [-0.15, -0.1) is 0 Å². The summed E-state index contributed by atoms with van der Waals surface area (Å²) in [5, 5.41) is 15.8. The molecule has 1 heterocycles. The van der Waals surface area contributed by atoms with Crippen LogP contribution in [0.3, 0.4) is 0 Å². The Morgan fingerprint density at radius 3 is 2.59 bits per heavy atom. The lowest BCUT2D eigenvalue weighted by molar-refractivity contribution is 0.284. The standard InChI is InChI=1S/C18H19Cl2N5O2/c1-3-25-18(22-23-24-25)21-10-13-8-15(20)17(16(9-13)26-2)27-11-12-4-6-14(19)7-5-12/h4-9H,3,10-11H2,1-2H3,(H,21,22,24). The maximum absolute atomic E-state index is 6.42. The summed E-state index contributed by atoms with van der Waals surface area (Å²) in [6.07, 6.45) is 0. The first-order chi connectivity index (χ1) is 13.1.